The van der Waals surface area contributed by atoms with Gasteiger partial charge in [-0.15, -0.1) is 0 Å². The number of aliphatic hydroxyl groups is 1. The monoisotopic (exact) mass is 294 g/mol. The van der Waals surface area contributed by atoms with Crippen molar-refractivity contribution in [1.29, 1.82) is 0 Å². The first-order chi connectivity index (χ1) is 9.47. The Kier molecular flexibility index (Phi) is 4.37. The highest BCUT2D eigenvalue weighted by atomic mass is 32.2. The lowest BCUT2D eigenvalue weighted by atomic mass is 10.2. The molecule has 0 aliphatic rings. The number of aromatic nitrogens is 1. The minimum absolute atomic E-state index is 0.141. The zero-order valence-corrected chi connectivity index (χ0v) is 12.3. The maximum Gasteiger partial charge on any atom is 0.243 e. The van der Waals surface area contributed by atoms with Gasteiger partial charge in [0.1, 0.15) is 4.90 Å². The summed E-state index contributed by atoms with van der Waals surface area (Å²) in [4.78, 5) is 4.36. The second-order valence-corrected chi connectivity index (χ2v) is 6.43. The van der Waals surface area contributed by atoms with E-state index >= 15 is 0 Å². The number of sulfonamides is 1. The van der Waals surface area contributed by atoms with Crippen LogP contribution in [0.1, 0.15) is 18.9 Å². The third kappa shape index (κ3) is 2.98. The lowest BCUT2D eigenvalue weighted by Gasteiger charge is -2.15. The second kappa shape index (κ2) is 5.87. The Balaban J connectivity index is 2.52. The van der Waals surface area contributed by atoms with Gasteiger partial charge in [0.15, 0.2) is 0 Å². The minimum atomic E-state index is -3.70. The highest BCUT2D eigenvalue weighted by Crippen LogP contribution is 2.22. The second-order valence-electron chi connectivity index (χ2n) is 4.75. The van der Waals surface area contributed by atoms with E-state index in [1.54, 1.807) is 12.3 Å². The quantitative estimate of drug-likeness (QED) is 0.877. The van der Waals surface area contributed by atoms with Gasteiger partial charge in [-0.05, 0) is 31.0 Å². The summed E-state index contributed by atoms with van der Waals surface area (Å²) in [7, 11) is -3.70. The number of nitrogens with one attached hydrogen (secondary N) is 1. The molecule has 2 rings (SSSR count). The SMILES string of the molecule is CC[C@@H](CO)NS(=O)(=O)c1cccc2cc(C)cnc12. The fourth-order valence-corrected chi connectivity index (χ4v) is 3.48. The van der Waals surface area contributed by atoms with E-state index in [1.807, 2.05) is 26.0 Å². The molecule has 0 aliphatic heterocycles. The topological polar surface area (TPSA) is 79.3 Å². The molecule has 0 saturated heterocycles. The largest absolute Gasteiger partial charge is 0.395 e. The van der Waals surface area contributed by atoms with Crippen molar-refractivity contribution in [3.63, 3.8) is 0 Å². The average Bonchev–Trinajstić information content (AvgIpc) is 2.43. The van der Waals surface area contributed by atoms with Crippen molar-refractivity contribution >= 4 is 20.9 Å². The summed E-state index contributed by atoms with van der Waals surface area (Å²) < 4.78 is 27.3. The molecule has 108 valence electrons. The molecule has 0 bridgehead atoms. The van der Waals surface area contributed by atoms with E-state index in [1.165, 1.54) is 6.07 Å². The first-order valence-electron chi connectivity index (χ1n) is 6.46. The van der Waals surface area contributed by atoms with Crippen LogP contribution in [-0.2, 0) is 10.0 Å². The summed E-state index contributed by atoms with van der Waals surface area (Å²) in [5, 5.41) is 9.93. The predicted molar refractivity (Wildman–Crippen MR) is 78.0 cm³/mol. The number of rotatable bonds is 5. The van der Waals surface area contributed by atoms with E-state index in [4.69, 9.17) is 5.11 Å². The van der Waals surface area contributed by atoms with Gasteiger partial charge in [0, 0.05) is 17.6 Å². The number of benzene rings is 1. The van der Waals surface area contributed by atoms with Crippen LogP contribution in [0.5, 0.6) is 0 Å². The van der Waals surface area contributed by atoms with Gasteiger partial charge >= 0.3 is 0 Å². The Labute approximate surface area is 118 Å². The molecule has 6 heteroatoms. The fourth-order valence-electron chi connectivity index (χ4n) is 1.99. The number of aliphatic hydroxyl groups excluding tert-OH is 1. The number of para-hydroxylation sites is 1. The van der Waals surface area contributed by atoms with Gasteiger partial charge in [-0.3, -0.25) is 4.98 Å². The molecule has 20 heavy (non-hydrogen) atoms. The van der Waals surface area contributed by atoms with Crippen LogP contribution in [0, 0.1) is 6.92 Å². The first-order valence-corrected chi connectivity index (χ1v) is 7.95. The molecule has 1 aromatic heterocycles. The van der Waals surface area contributed by atoms with Crippen LogP contribution in [-0.4, -0.2) is 31.2 Å². The number of pyridine rings is 1. The van der Waals surface area contributed by atoms with Gasteiger partial charge in [0.2, 0.25) is 10.0 Å². The first kappa shape index (κ1) is 14.9. The number of hydrogen-bond donors (Lipinski definition) is 2. The van der Waals surface area contributed by atoms with Gasteiger partial charge in [-0.1, -0.05) is 19.1 Å². The van der Waals surface area contributed by atoms with Crippen molar-refractivity contribution in [3.05, 3.63) is 36.0 Å². The van der Waals surface area contributed by atoms with Crippen molar-refractivity contribution in [2.24, 2.45) is 0 Å². The van der Waals surface area contributed by atoms with Crippen molar-refractivity contribution < 1.29 is 13.5 Å². The van der Waals surface area contributed by atoms with E-state index in [2.05, 4.69) is 9.71 Å². The Morgan fingerprint density at radius 2 is 2.15 bits per heavy atom. The summed E-state index contributed by atoms with van der Waals surface area (Å²) in [5.41, 5.74) is 1.42. The minimum Gasteiger partial charge on any atom is -0.395 e. The van der Waals surface area contributed by atoms with Crippen molar-refractivity contribution in [2.75, 3.05) is 6.61 Å². The Morgan fingerprint density at radius 1 is 1.40 bits per heavy atom. The summed E-state index contributed by atoms with van der Waals surface area (Å²) in [6.07, 6.45) is 2.16. The molecule has 0 aliphatic carbocycles. The maximum atomic E-state index is 12.4. The molecule has 1 heterocycles. The fraction of sp³-hybridized carbons (Fsp3) is 0.357. The molecule has 0 fully saturated rings. The highest BCUT2D eigenvalue weighted by Gasteiger charge is 2.21. The molecule has 2 aromatic rings. The lowest BCUT2D eigenvalue weighted by Crippen LogP contribution is -2.37. The Hall–Kier alpha value is -1.50. The highest BCUT2D eigenvalue weighted by molar-refractivity contribution is 7.89. The van der Waals surface area contributed by atoms with Crippen molar-refractivity contribution in [1.82, 2.24) is 9.71 Å². The molecule has 0 amide bonds. The average molecular weight is 294 g/mol. The van der Waals surface area contributed by atoms with Gasteiger partial charge < -0.3 is 5.11 Å². The third-order valence-electron chi connectivity index (χ3n) is 3.14. The molecular weight excluding hydrogens is 276 g/mol. The van der Waals surface area contributed by atoms with Crippen molar-refractivity contribution in [3.8, 4) is 0 Å². The molecule has 0 saturated carbocycles. The van der Waals surface area contributed by atoms with Crippen LogP contribution in [0.4, 0.5) is 0 Å². The summed E-state index contributed by atoms with van der Waals surface area (Å²) >= 11 is 0. The van der Waals surface area contributed by atoms with E-state index in [0.29, 0.717) is 11.9 Å². The molecule has 0 unspecified atom stereocenters. The number of nitrogens with zero attached hydrogens (tertiary/aromatic N) is 1. The third-order valence-corrected chi connectivity index (χ3v) is 4.69. The van der Waals surface area contributed by atoms with Crippen LogP contribution >= 0.6 is 0 Å². The smallest absolute Gasteiger partial charge is 0.243 e. The normalized spacial score (nSPS) is 13.6. The molecule has 1 atom stereocenters. The van der Waals surface area contributed by atoms with Gasteiger partial charge in [0.05, 0.1) is 12.1 Å². The molecule has 5 nitrogen and oxygen atoms in total. The zero-order chi connectivity index (χ0) is 14.8. The summed E-state index contributed by atoms with van der Waals surface area (Å²) in [6.45, 7) is 3.49. The molecule has 0 spiro atoms. The van der Waals surface area contributed by atoms with E-state index < -0.39 is 16.1 Å². The lowest BCUT2D eigenvalue weighted by molar-refractivity contribution is 0.254. The Morgan fingerprint density at radius 3 is 2.80 bits per heavy atom. The number of hydrogen-bond acceptors (Lipinski definition) is 4. The molecule has 2 N–H and O–H groups in total. The van der Waals surface area contributed by atoms with E-state index in [0.717, 1.165) is 10.9 Å². The van der Waals surface area contributed by atoms with E-state index in [-0.39, 0.29) is 11.5 Å². The van der Waals surface area contributed by atoms with Crippen LogP contribution in [0.15, 0.2) is 35.4 Å². The van der Waals surface area contributed by atoms with Crippen LogP contribution < -0.4 is 4.72 Å². The summed E-state index contributed by atoms with van der Waals surface area (Å²) in [6, 6.07) is 6.46. The predicted octanol–water partition coefficient (Wildman–Crippen LogP) is 1.59. The van der Waals surface area contributed by atoms with Gasteiger partial charge in [0.25, 0.3) is 0 Å². The number of fused-ring (bicyclic) bond motifs is 1. The van der Waals surface area contributed by atoms with E-state index in [9.17, 15) is 8.42 Å². The van der Waals surface area contributed by atoms with Crippen LogP contribution in [0.3, 0.4) is 0 Å². The maximum absolute atomic E-state index is 12.4. The summed E-state index contributed by atoms with van der Waals surface area (Å²) in [5.74, 6) is 0. The van der Waals surface area contributed by atoms with Crippen LogP contribution in [0.2, 0.25) is 0 Å². The molecule has 1 aromatic carbocycles. The molecular formula is C14H18N2O3S. The number of aryl methyl sites for hydroxylation is 1. The molecule has 0 radical (unpaired) electrons. The van der Waals surface area contributed by atoms with Crippen LogP contribution in [0.25, 0.3) is 10.9 Å². The van der Waals surface area contributed by atoms with Gasteiger partial charge in [-0.2, -0.15) is 0 Å². The Bertz CT molecular complexity index is 709. The van der Waals surface area contributed by atoms with Gasteiger partial charge in [-0.25, -0.2) is 13.1 Å². The van der Waals surface area contributed by atoms with Crippen molar-refractivity contribution in [2.45, 2.75) is 31.2 Å². The standard InChI is InChI=1S/C14H18N2O3S/c1-3-12(9-17)16-20(18,19)13-6-4-5-11-7-10(2)8-15-14(11)13/h4-8,12,16-17H,3,9H2,1-2H3/t12-/m0/s1. The zero-order valence-electron chi connectivity index (χ0n) is 11.5.